The summed E-state index contributed by atoms with van der Waals surface area (Å²) >= 11 is 0. The summed E-state index contributed by atoms with van der Waals surface area (Å²) in [7, 11) is 0. The highest BCUT2D eigenvalue weighted by Crippen LogP contribution is 2.43. The molecule has 23 heavy (non-hydrogen) atoms. The van der Waals surface area contributed by atoms with Gasteiger partial charge in [-0.1, -0.05) is 67.4 Å². The molecular weight excluding hydrogens is 274 g/mol. The maximum atomic E-state index is 2.44. The van der Waals surface area contributed by atoms with E-state index in [1.165, 1.54) is 28.5 Å². The first-order chi connectivity index (χ1) is 10.6. The van der Waals surface area contributed by atoms with E-state index < -0.39 is 0 Å². The second kappa shape index (κ2) is 6.54. The molecule has 2 rings (SSSR count). The van der Waals surface area contributed by atoms with Crippen LogP contribution in [0.1, 0.15) is 69.2 Å². The van der Waals surface area contributed by atoms with Crippen molar-refractivity contribution >= 4 is 13.4 Å². The molecule has 2 unspecified atom stereocenters. The van der Waals surface area contributed by atoms with Crippen molar-refractivity contribution in [2.75, 3.05) is 0 Å². The summed E-state index contributed by atoms with van der Waals surface area (Å²) in [5.74, 6) is 1.35. The van der Waals surface area contributed by atoms with Gasteiger partial charge in [0.05, 0.1) is 0 Å². The third-order valence-corrected chi connectivity index (χ3v) is 7.68. The minimum Gasteiger partial charge on any atom is -0.101 e. The van der Waals surface area contributed by atoms with E-state index in [1.807, 2.05) is 0 Å². The Morgan fingerprint density at radius 3 is 1.17 bits per heavy atom. The molecule has 0 fully saturated rings. The molecule has 0 aromatic carbocycles. The molecule has 0 bridgehead atoms. The highest BCUT2D eigenvalue weighted by Gasteiger charge is 2.38. The van der Waals surface area contributed by atoms with Crippen LogP contribution < -0.4 is 0 Å². The van der Waals surface area contributed by atoms with Gasteiger partial charge in [0.25, 0.3) is 0 Å². The van der Waals surface area contributed by atoms with Crippen LogP contribution in [0.25, 0.3) is 0 Å². The van der Waals surface area contributed by atoms with Crippen LogP contribution in [0.2, 0.25) is 17.9 Å². The topological polar surface area (TPSA) is 0 Å². The number of rotatable bonds is 2. The molecule has 0 aromatic heterocycles. The molecule has 2 atom stereocenters. The third kappa shape index (κ3) is 2.94. The fourth-order valence-corrected chi connectivity index (χ4v) is 4.81. The number of hydrogen-bond donors (Lipinski definition) is 0. The van der Waals surface area contributed by atoms with Crippen molar-refractivity contribution in [3.8, 4) is 0 Å². The van der Waals surface area contributed by atoms with Crippen molar-refractivity contribution in [2.24, 2.45) is 0 Å². The van der Waals surface area contributed by atoms with Crippen LogP contribution in [0, 0.1) is 0 Å². The molecule has 2 heteroatoms. The molecule has 0 radical (unpaired) electrons. The summed E-state index contributed by atoms with van der Waals surface area (Å²) in [6.45, 7) is 24.9. The first-order valence-corrected chi connectivity index (χ1v) is 9.29. The normalized spacial score (nSPS) is 26.9. The van der Waals surface area contributed by atoms with Crippen molar-refractivity contribution in [2.45, 2.75) is 87.1 Å². The van der Waals surface area contributed by atoms with Gasteiger partial charge in [-0.05, 0) is 53.2 Å². The predicted molar refractivity (Wildman–Crippen MR) is 109 cm³/mol. The molecule has 0 aromatic rings. The molecular formula is C21H34B2. The van der Waals surface area contributed by atoms with Crippen molar-refractivity contribution in [3.63, 3.8) is 0 Å². The lowest BCUT2D eigenvalue weighted by molar-refractivity contribution is 0.973. The lowest BCUT2D eigenvalue weighted by Crippen LogP contribution is -2.37. The fourth-order valence-electron chi connectivity index (χ4n) is 4.81. The molecule has 124 valence electrons. The minimum atomic E-state index is 0.673. The van der Waals surface area contributed by atoms with Crippen LogP contribution in [-0.4, -0.2) is 13.4 Å². The molecule has 0 nitrogen and oxygen atoms in total. The smallest absolute Gasteiger partial charge is 0.101 e. The zero-order chi connectivity index (χ0) is 17.6. The summed E-state index contributed by atoms with van der Waals surface area (Å²) in [5, 5.41) is 0. The lowest BCUT2D eigenvalue weighted by atomic mass is 9.16. The number of allylic oxidation sites excluding steroid dienone is 8. The Balaban J connectivity index is 2.37. The molecule has 2 aliphatic heterocycles. The van der Waals surface area contributed by atoms with Gasteiger partial charge in [-0.2, -0.15) is 0 Å². The van der Waals surface area contributed by atoms with Crippen LogP contribution in [0.5, 0.6) is 0 Å². The fraction of sp³-hybridized carbons (Fsp3) is 0.619. The van der Waals surface area contributed by atoms with Crippen molar-refractivity contribution in [3.05, 3.63) is 44.4 Å². The van der Waals surface area contributed by atoms with Crippen LogP contribution in [0.4, 0.5) is 0 Å². The van der Waals surface area contributed by atoms with Gasteiger partial charge in [-0.15, -0.1) is 10.9 Å². The van der Waals surface area contributed by atoms with Crippen LogP contribution in [0.15, 0.2) is 44.4 Å². The standard InChI is InChI=1S/C21H34B2/c1-12-14(3)18(7)22(19(8)15(12)4)11-23-20(9)16(5)13(2)17(6)21(23)10/h18,20H,11H2,1-10H3. The lowest BCUT2D eigenvalue weighted by Gasteiger charge is -2.37. The quantitative estimate of drug-likeness (QED) is 0.495. The van der Waals surface area contributed by atoms with E-state index >= 15 is 0 Å². The Labute approximate surface area is 145 Å². The van der Waals surface area contributed by atoms with Gasteiger partial charge in [0.15, 0.2) is 13.4 Å². The molecule has 0 aliphatic carbocycles. The summed E-state index contributed by atoms with van der Waals surface area (Å²) in [5.41, 5.74) is 12.6. The summed E-state index contributed by atoms with van der Waals surface area (Å²) in [6, 6.07) is 0. The summed E-state index contributed by atoms with van der Waals surface area (Å²) in [4.78, 5) is 0. The second-order valence-electron chi connectivity index (χ2n) is 8.26. The predicted octanol–water partition coefficient (Wildman–Crippen LogP) is 6.75. The highest BCUT2D eigenvalue weighted by atomic mass is 14.2. The zero-order valence-electron chi connectivity index (χ0n) is 17.0. The van der Waals surface area contributed by atoms with Gasteiger partial charge in [-0.25, -0.2) is 0 Å². The molecule has 2 heterocycles. The SMILES string of the molecule is CC1=C(C)C(C)=C(C)C(C)B1CB1C(C)=C(C)C(C)=C(C)C1C. The summed E-state index contributed by atoms with van der Waals surface area (Å²) in [6.07, 6.45) is 1.30. The Bertz CT molecular complexity index is 587. The second-order valence-corrected chi connectivity index (χ2v) is 8.26. The average molecular weight is 308 g/mol. The highest BCUT2D eigenvalue weighted by molar-refractivity contribution is 6.86. The van der Waals surface area contributed by atoms with Gasteiger partial charge in [0.1, 0.15) is 0 Å². The Kier molecular flexibility index (Phi) is 5.24. The van der Waals surface area contributed by atoms with Crippen LogP contribution in [0.3, 0.4) is 0 Å². The Morgan fingerprint density at radius 2 is 0.870 bits per heavy atom. The van der Waals surface area contributed by atoms with Gasteiger partial charge >= 0.3 is 0 Å². The van der Waals surface area contributed by atoms with Crippen molar-refractivity contribution in [1.29, 1.82) is 0 Å². The van der Waals surface area contributed by atoms with E-state index in [2.05, 4.69) is 69.2 Å². The Morgan fingerprint density at radius 1 is 0.565 bits per heavy atom. The molecule has 0 N–H and O–H groups in total. The molecule has 0 saturated carbocycles. The van der Waals surface area contributed by atoms with E-state index in [-0.39, 0.29) is 0 Å². The van der Waals surface area contributed by atoms with Crippen molar-refractivity contribution in [1.82, 2.24) is 0 Å². The van der Waals surface area contributed by atoms with Crippen molar-refractivity contribution < 1.29 is 0 Å². The first kappa shape index (κ1) is 18.4. The third-order valence-electron chi connectivity index (χ3n) is 7.68. The maximum absolute atomic E-state index is 2.44. The molecule has 0 spiro atoms. The van der Waals surface area contributed by atoms with E-state index in [0.29, 0.717) is 25.1 Å². The largest absolute Gasteiger partial charge is 0.170 e. The van der Waals surface area contributed by atoms with Gasteiger partial charge in [0.2, 0.25) is 0 Å². The van der Waals surface area contributed by atoms with E-state index in [4.69, 9.17) is 0 Å². The number of hydrogen-bond acceptors (Lipinski definition) is 0. The minimum absolute atomic E-state index is 0.673. The van der Waals surface area contributed by atoms with Gasteiger partial charge < -0.3 is 0 Å². The summed E-state index contributed by atoms with van der Waals surface area (Å²) < 4.78 is 0. The van der Waals surface area contributed by atoms with E-state index in [1.54, 1.807) is 22.1 Å². The molecule has 2 aliphatic rings. The van der Waals surface area contributed by atoms with E-state index in [0.717, 1.165) is 0 Å². The van der Waals surface area contributed by atoms with Gasteiger partial charge in [-0.3, -0.25) is 0 Å². The zero-order valence-corrected chi connectivity index (χ0v) is 17.0. The van der Waals surface area contributed by atoms with Crippen LogP contribution >= 0.6 is 0 Å². The van der Waals surface area contributed by atoms with Crippen LogP contribution in [-0.2, 0) is 0 Å². The Hall–Kier alpha value is -0.910. The first-order valence-electron chi connectivity index (χ1n) is 9.29. The maximum Gasteiger partial charge on any atom is 0.170 e. The van der Waals surface area contributed by atoms with Gasteiger partial charge in [0, 0.05) is 0 Å². The van der Waals surface area contributed by atoms with E-state index in [9.17, 15) is 0 Å². The molecule has 0 amide bonds. The molecule has 0 saturated heterocycles. The average Bonchev–Trinajstić information content (AvgIpc) is 2.54. The monoisotopic (exact) mass is 308 g/mol.